The van der Waals surface area contributed by atoms with E-state index in [4.69, 9.17) is 0 Å². The zero-order valence-corrected chi connectivity index (χ0v) is 13.4. The Kier molecular flexibility index (Phi) is 2.48. The van der Waals surface area contributed by atoms with Gasteiger partial charge in [0.2, 0.25) is 0 Å². The quantitative estimate of drug-likeness (QED) is 0.602. The summed E-state index contributed by atoms with van der Waals surface area (Å²) in [5.74, 6) is 1.12. The summed E-state index contributed by atoms with van der Waals surface area (Å²) in [6, 6.07) is 17.1. The number of benzene rings is 2. The molecule has 2 heteroatoms. The minimum Gasteiger partial charge on any atom is -0.341 e. The van der Waals surface area contributed by atoms with E-state index in [0.29, 0.717) is 17.6 Å². The van der Waals surface area contributed by atoms with E-state index in [9.17, 15) is 4.79 Å². The Balaban J connectivity index is 1.85. The number of fused-ring (bicyclic) bond motifs is 7. The van der Waals surface area contributed by atoms with Crippen LogP contribution in [0.15, 0.2) is 48.5 Å². The molecule has 1 aromatic heterocycles. The fourth-order valence-corrected chi connectivity index (χ4v) is 5.00. The van der Waals surface area contributed by atoms with Crippen LogP contribution in [0.2, 0.25) is 0 Å². The summed E-state index contributed by atoms with van der Waals surface area (Å²) in [6.45, 7) is 2.11. The molecule has 2 aliphatic carbocycles. The Bertz CT molecular complexity index is 965. The molecule has 23 heavy (non-hydrogen) atoms. The van der Waals surface area contributed by atoms with E-state index in [1.165, 1.54) is 27.6 Å². The van der Waals surface area contributed by atoms with Crippen LogP contribution in [0.1, 0.15) is 45.9 Å². The number of aromatic nitrogens is 1. The van der Waals surface area contributed by atoms with Crippen molar-refractivity contribution in [1.82, 2.24) is 4.57 Å². The SMILES string of the molecule is C[C@H]1C(=O)c2c(c3ccccc3n2C)[C@@H]2Cc3ccccc3[C@@H]12. The highest BCUT2D eigenvalue weighted by Crippen LogP contribution is 2.54. The molecule has 0 radical (unpaired) electrons. The molecule has 5 rings (SSSR count). The highest BCUT2D eigenvalue weighted by atomic mass is 16.1. The third-order valence-corrected chi connectivity index (χ3v) is 5.99. The first-order valence-electron chi connectivity index (χ1n) is 8.38. The van der Waals surface area contributed by atoms with Gasteiger partial charge in [0.15, 0.2) is 5.78 Å². The van der Waals surface area contributed by atoms with Gasteiger partial charge in [-0.05, 0) is 35.1 Å². The van der Waals surface area contributed by atoms with Crippen molar-refractivity contribution in [2.45, 2.75) is 25.2 Å². The van der Waals surface area contributed by atoms with E-state index < -0.39 is 0 Å². The van der Waals surface area contributed by atoms with Gasteiger partial charge in [0.25, 0.3) is 0 Å². The van der Waals surface area contributed by atoms with Gasteiger partial charge in [0, 0.05) is 29.8 Å². The van der Waals surface area contributed by atoms with Crippen molar-refractivity contribution in [3.63, 3.8) is 0 Å². The Morgan fingerprint density at radius 3 is 2.65 bits per heavy atom. The summed E-state index contributed by atoms with van der Waals surface area (Å²) in [4.78, 5) is 13.1. The lowest BCUT2D eigenvalue weighted by atomic mass is 9.70. The summed E-state index contributed by atoms with van der Waals surface area (Å²) in [6.07, 6.45) is 1.06. The van der Waals surface area contributed by atoms with Crippen molar-refractivity contribution in [3.8, 4) is 0 Å². The molecule has 0 N–H and O–H groups in total. The number of carbonyl (C=O) groups excluding carboxylic acids is 1. The van der Waals surface area contributed by atoms with Gasteiger partial charge in [0.05, 0.1) is 5.69 Å². The summed E-state index contributed by atoms with van der Waals surface area (Å²) < 4.78 is 2.11. The standard InChI is InChI=1S/C21H19NO/c1-12-18-14-8-4-3-7-13(14)11-16(18)19-15-9-5-6-10-17(15)22(2)20(19)21(12)23/h3-10,12,16,18H,11H2,1-2H3/t12-,16-,18-/m1/s1. The number of ketones is 1. The number of rotatable bonds is 0. The lowest BCUT2D eigenvalue weighted by Crippen LogP contribution is -2.30. The minimum atomic E-state index is 0.0548. The molecule has 0 saturated carbocycles. The van der Waals surface area contributed by atoms with Crippen molar-refractivity contribution in [2.24, 2.45) is 13.0 Å². The molecular formula is C21H19NO. The minimum absolute atomic E-state index is 0.0548. The second-order valence-electron chi connectivity index (χ2n) is 7.03. The summed E-state index contributed by atoms with van der Waals surface area (Å²) in [5, 5.41) is 1.26. The van der Waals surface area contributed by atoms with Crippen LogP contribution < -0.4 is 0 Å². The zero-order chi connectivity index (χ0) is 15.7. The highest BCUT2D eigenvalue weighted by molar-refractivity contribution is 6.06. The molecule has 0 aliphatic heterocycles. The molecule has 0 amide bonds. The normalized spacial score (nSPS) is 25.3. The smallest absolute Gasteiger partial charge is 0.182 e. The summed E-state index contributed by atoms with van der Waals surface area (Å²) in [7, 11) is 2.04. The second kappa shape index (κ2) is 4.35. The van der Waals surface area contributed by atoms with E-state index in [2.05, 4.69) is 60.0 Å². The Morgan fingerprint density at radius 2 is 1.78 bits per heavy atom. The predicted molar refractivity (Wildman–Crippen MR) is 92.0 cm³/mol. The van der Waals surface area contributed by atoms with Gasteiger partial charge in [-0.3, -0.25) is 4.79 Å². The topological polar surface area (TPSA) is 22.0 Å². The first kappa shape index (κ1) is 13.1. The lowest BCUT2D eigenvalue weighted by Gasteiger charge is -2.32. The molecule has 0 fully saturated rings. The van der Waals surface area contributed by atoms with Gasteiger partial charge in [-0.15, -0.1) is 0 Å². The lowest BCUT2D eigenvalue weighted by molar-refractivity contribution is 0.0881. The second-order valence-corrected chi connectivity index (χ2v) is 7.03. The molecule has 0 unspecified atom stereocenters. The van der Waals surface area contributed by atoms with E-state index >= 15 is 0 Å². The van der Waals surface area contributed by atoms with Crippen molar-refractivity contribution in [1.29, 1.82) is 0 Å². The number of aryl methyl sites for hydroxylation is 1. The zero-order valence-electron chi connectivity index (χ0n) is 13.4. The van der Waals surface area contributed by atoms with Crippen molar-refractivity contribution in [2.75, 3.05) is 0 Å². The molecular weight excluding hydrogens is 282 g/mol. The molecule has 0 bridgehead atoms. The molecule has 114 valence electrons. The number of hydrogen-bond acceptors (Lipinski definition) is 1. The average molecular weight is 301 g/mol. The predicted octanol–water partition coefficient (Wildman–Crippen LogP) is 4.43. The van der Waals surface area contributed by atoms with Crippen LogP contribution in [0.25, 0.3) is 10.9 Å². The van der Waals surface area contributed by atoms with Gasteiger partial charge in [0.1, 0.15) is 0 Å². The van der Waals surface area contributed by atoms with E-state index in [0.717, 1.165) is 12.1 Å². The van der Waals surface area contributed by atoms with Crippen LogP contribution in [-0.4, -0.2) is 10.4 Å². The molecule has 1 heterocycles. The molecule has 2 aliphatic rings. The average Bonchev–Trinajstić information content (AvgIpc) is 3.09. The number of carbonyl (C=O) groups is 1. The molecule has 3 aromatic rings. The van der Waals surface area contributed by atoms with Crippen LogP contribution in [0.3, 0.4) is 0 Å². The third-order valence-electron chi connectivity index (χ3n) is 5.99. The maximum Gasteiger partial charge on any atom is 0.182 e. The molecule has 0 spiro atoms. The van der Waals surface area contributed by atoms with Gasteiger partial charge < -0.3 is 4.57 Å². The van der Waals surface area contributed by atoms with Crippen LogP contribution in [-0.2, 0) is 13.5 Å². The molecule has 2 aromatic carbocycles. The van der Waals surface area contributed by atoms with Crippen LogP contribution >= 0.6 is 0 Å². The van der Waals surface area contributed by atoms with Crippen molar-refractivity contribution >= 4 is 16.7 Å². The number of Topliss-reactive ketones (excluding diaryl/α,β-unsaturated/α-hetero) is 1. The van der Waals surface area contributed by atoms with Crippen LogP contribution in [0, 0.1) is 5.92 Å². The Hall–Kier alpha value is -2.35. The van der Waals surface area contributed by atoms with E-state index in [1.807, 2.05) is 7.05 Å². The Labute approximate surface area is 135 Å². The Morgan fingerprint density at radius 1 is 1.04 bits per heavy atom. The van der Waals surface area contributed by atoms with E-state index in [-0.39, 0.29) is 5.92 Å². The van der Waals surface area contributed by atoms with Crippen molar-refractivity contribution < 1.29 is 4.79 Å². The number of para-hydroxylation sites is 1. The first-order chi connectivity index (χ1) is 11.2. The largest absolute Gasteiger partial charge is 0.341 e. The van der Waals surface area contributed by atoms with Crippen LogP contribution in [0.5, 0.6) is 0 Å². The van der Waals surface area contributed by atoms with Crippen molar-refractivity contribution in [3.05, 3.63) is 70.9 Å². The number of hydrogen-bond donors (Lipinski definition) is 0. The van der Waals surface area contributed by atoms with Gasteiger partial charge in [-0.25, -0.2) is 0 Å². The van der Waals surface area contributed by atoms with Gasteiger partial charge in [-0.1, -0.05) is 49.4 Å². The summed E-state index contributed by atoms with van der Waals surface area (Å²) >= 11 is 0. The van der Waals surface area contributed by atoms with E-state index in [1.54, 1.807) is 0 Å². The molecule has 2 nitrogen and oxygen atoms in total. The highest BCUT2D eigenvalue weighted by Gasteiger charge is 2.47. The fourth-order valence-electron chi connectivity index (χ4n) is 5.00. The molecule has 3 atom stereocenters. The van der Waals surface area contributed by atoms with Gasteiger partial charge >= 0.3 is 0 Å². The molecule has 0 saturated heterocycles. The fraction of sp³-hybridized carbons (Fsp3) is 0.286. The third kappa shape index (κ3) is 1.51. The maximum absolute atomic E-state index is 13.1. The first-order valence-corrected chi connectivity index (χ1v) is 8.38. The van der Waals surface area contributed by atoms with Crippen LogP contribution in [0.4, 0.5) is 0 Å². The maximum atomic E-state index is 13.1. The van der Waals surface area contributed by atoms with Gasteiger partial charge in [-0.2, -0.15) is 0 Å². The number of nitrogens with zero attached hydrogens (tertiary/aromatic N) is 1. The summed E-state index contributed by atoms with van der Waals surface area (Å²) in [5.41, 5.74) is 6.20. The monoisotopic (exact) mass is 301 g/mol.